The molecular weight excluding hydrogens is 483 g/mol. The van der Waals surface area contributed by atoms with Crippen LogP contribution >= 0.6 is 11.6 Å². The minimum atomic E-state index is -4.54. The van der Waals surface area contributed by atoms with Crippen molar-refractivity contribution in [1.82, 2.24) is 25.4 Å². The minimum absolute atomic E-state index is 0.0253. The zero-order valence-corrected chi connectivity index (χ0v) is 19.6. The topological polar surface area (TPSA) is 94.1 Å². The Labute approximate surface area is 205 Å². The van der Waals surface area contributed by atoms with Gasteiger partial charge in [-0.25, -0.2) is 4.98 Å². The fourth-order valence-electron chi connectivity index (χ4n) is 4.26. The highest BCUT2D eigenvalue weighted by Gasteiger charge is 2.34. The van der Waals surface area contributed by atoms with Crippen molar-refractivity contribution in [2.75, 3.05) is 7.05 Å². The first-order valence-corrected chi connectivity index (χ1v) is 11.5. The van der Waals surface area contributed by atoms with Crippen LogP contribution in [0.4, 0.5) is 13.2 Å². The molecule has 3 atom stereocenters. The van der Waals surface area contributed by atoms with Gasteiger partial charge in [-0.05, 0) is 49.1 Å². The number of aliphatic hydroxyl groups excluding tert-OH is 1. The molecule has 11 heteroatoms. The average molecular weight is 508 g/mol. The number of alkyl halides is 3. The second-order valence-electron chi connectivity index (χ2n) is 8.74. The highest BCUT2D eigenvalue weighted by atomic mass is 35.5. The molecule has 0 bridgehead atoms. The number of pyridine rings is 1. The number of H-pyrrole nitrogens is 1. The molecule has 1 aliphatic heterocycles. The number of amides is 1. The quantitative estimate of drug-likeness (QED) is 0.418. The van der Waals surface area contributed by atoms with Crippen LogP contribution in [-0.2, 0) is 19.1 Å². The number of aromatic nitrogens is 3. The van der Waals surface area contributed by atoms with Gasteiger partial charge in [-0.3, -0.25) is 9.89 Å². The first-order chi connectivity index (χ1) is 16.6. The van der Waals surface area contributed by atoms with Crippen LogP contribution in [0.5, 0.6) is 0 Å². The summed E-state index contributed by atoms with van der Waals surface area (Å²) >= 11 is 5.82. The van der Waals surface area contributed by atoms with Crippen molar-refractivity contribution in [3.63, 3.8) is 0 Å². The molecule has 1 aromatic carbocycles. The summed E-state index contributed by atoms with van der Waals surface area (Å²) in [4.78, 5) is 18.1. The van der Waals surface area contributed by atoms with Crippen LogP contribution in [0.1, 0.15) is 51.8 Å². The molecule has 7 nitrogen and oxygen atoms in total. The highest BCUT2D eigenvalue weighted by Crippen LogP contribution is 2.28. The summed E-state index contributed by atoms with van der Waals surface area (Å²) in [6.07, 6.45) is -1.18. The number of hydrogen-bond acceptors (Lipinski definition) is 5. The van der Waals surface area contributed by atoms with Crippen molar-refractivity contribution in [3.05, 3.63) is 81.9 Å². The number of aromatic amines is 1. The zero-order chi connectivity index (χ0) is 25.2. The van der Waals surface area contributed by atoms with Crippen LogP contribution in [-0.4, -0.2) is 50.2 Å². The number of hydrogen-bond donors (Lipinski definition) is 3. The molecule has 1 fully saturated rings. The third-order valence-corrected chi connectivity index (χ3v) is 6.33. The Hall–Kier alpha value is -2.95. The summed E-state index contributed by atoms with van der Waals surface area (Å²) < 4.78 is 38.1. The van der Waals surface area contributed by atoms with Gasteiger partial charge in [0.25, 0.3) is 5.91 Å². The molecule has 3 aromatic rings. The monoisotopic (exact) mass is 507 g/mol. The maximum absolute atomic E-state index is 12.7. The zero-order valence-electron chi connectivity index (χ0n) is 18.9. The molecule has 0 radical (unpaired) electrons. The molecule has 3 N–H and O–H groups in total. The summed E-state index contributed by atoms with van der Waals surface area (Å²) in [5.74, 6) is -0.307. The van der Waals surface area contributed by atoms with Crippen molar-refractivity contribution in [1.29, 1.82) is 0 Å². The second-order valence-corrected chi connectivity index (χ2v) is 9.13. The average Bonchev–Trinajstić information content (AvgIpc) is 3.49. The Balaban J connectivity index is 1.30. The summed E-state index contributed by atoms with van der Waals surface area (Å²) in [5, 5.41) is 20.1. The van der Waals surface area contributed by atoms with Crippen molar-refractivity contribution < 1.29 is 23.1 Å². The summed E-state index contributed by atoms with van der Waals surface area (Å²) in [6.45, 7) is -0.0253. The van der Waals surface area contributed by atoms with Crippen LogP contribution in [0.2, 0.25) is 5.15 Å². The fourth-order valence-corrected chi connectivity index (χ4v) is 4.37. The number of benzene rings is 1. The molecular formula is C24H25ClF3N5O2. The lowest BCUT2D eigenvalue weighted by Gasteiger charge is -2.20. The third kappa shape index (κ3) is 6.19. The van der Waals surface area contributed by atoms with Gasteiger partial charge in [-0.1, -0.05) is 29.8 Å². The van der Waals surface area contributed by atoms with E-state index in [0.717, 1.165) is 30.9 Å². The van der Waals surface area contributed by atoms with E-state index >= 15 is 0 Å². The van der Waals surface area contributed by atoms with Crippen molar-refractivity contribution in [2.45, 2.75) is 50.2 Å². The van der Waals surface area contributed by atoms with Crippen LogP contribution in [0.15, 0.2) is 48.7 Å². The van der Waals surface area contributed by atoms with E-state index in [9.17, 15) is 23.1 Å². The summed E-state index contributed by atoms with van der Waals surface area (Å²) in [6, 6.07) is 11.6. The van der Waals surface area contributed by atoms with E-state index in [4.69, 9.17) is 11.6 Å². The van der Waals surface area contributed by atoms with Gasteiger partial charge in [0.1, 0.15) is 5.15 Å². The maximum atomic E-state index is 12.7. The predicted octanol–water partition coefficient (Wildman–Crippen LogP) is 4.15. The Morgan fingerprint density at radius 1 is 1.23 bits per heavy atom. The van der Waals surface area contributed by atoms with Crippen molar-refractivity contribution >= 4 is 17.5 Å². The SMILES string of the molecule is CN(Cc1cc(C(F)(F)F)n[nH]1)C(=O)c1ccc(CC2CCC(C(O)c3ccc(Cl)nc3)N2)cc1. The largest absolute Gasteiger partial charge is 0.435 e. The first kappa shape index (κ1) is 25.2. The molecule has 1 saturated heterocycles. The molecule has 2 aromatic heterocycles. The van der Waals surface area contributed by atoms with Crippen molar-refractivity contribution in [3.8, 4) is 0 Å². The lowest BCUT2D eigenvalue weighted by Crippen LogP contribution is -2.35. The van der Waals surface area contributed by atoms with Gasteiger partial charge >= 0.3 is 6.18 Å². The molecule has 0 aliphatic carbocycles. The lowest BCUT2D eigenvalue weighted by atomic mass is 10.0. The lowest BCUT2D eigenvalue weighted by molar-refractivity contribution is -0.141. The molecule has 1 aliphatic rings. The fraction of sp³-hybridized carbons (Fsp3) is 0.375. The third-order valence-electron chi connectivity index (χ3n) is 6.11. The molecule has 186 valence electrons. The summed E-state index contributed by atoms with van der Waals surface area (Å²) in [5.41, 5.74) is 1.37. The molecule has 3 heterocycles. The highest BCUT2D eigenvalue weighted by molar-refractivity contribution is 6.29. The number of carbonyl (C=O) groups is 1. The van der Waals surface area contributed by atoms with E-state index in [1.807, 2.05) is 12.1 Å². The van der Waals surface area contributed by atoms with Gasteiger partial charge in [-0.2, -0.15) is 18.3 Å². The van der Waals surface area contributed by atoms with Gasteiger partial charge in [0, 0.05) is 36.5 Å². The van der Waals surface area contributed by atoms with Crippen molar-refractivity contribution in [2.24, 2.45) is 0 Å². The van der Waals surface area contributed by atoms with E-state index in [0.29, 0.717) is 16.3 Å². The molecule has 3 unspecified atom stereocenters. The van der Waals surface area contributed by atoms with Crippen LogP contribution in [0, 0.1) is 0 Å². The van der Waals surface area contributed by atoms with Gasteiger partial charge in [0.2, 0.25) is 0 Å². The van der Waals surface area contributed by atoms with Gasteiger partial charge < -0.3 is 15.3 Å². The Morgan fingerprint density at radius 2 is 1.97 bits per heavy atom. The Morgan fingerprint density at radius 3 is 2.60 bits per heavy atom. The predicted molar refractivity (Wildman–Crippen MR) is 124 cm³/mol. The Bertz CT molecular complexity index is 1150. The Kier molecular flexibility index (Phi) is 7.44. The van der Waals surface area contributed by atoms with Crippen LogP contribution < -0.4 is 5.32 Å². The number of carbonyl (C=O) groups excluding carboxylic acids is 1. The molecule has 1 amide bonds. The van der Waals surface area contributed by atoms with Gasteiger partial charge in [0.15, 0.2) is 5.69 Å². The van der Waals surface area contributed by atoms with Crippen LogP contribution in [0.3, 0.4) is 0 Å². The normalized spacial score (nSPS) is 19.0. The molecule has 0 spiro atoms. The smallest absolute Gasteiger partial charge is 0.387 e. The first-order valence-electron chi connectivity index (χ1n) is 11.1. The molecule has 4 rings (SSSR count). The number of halogens is 4. The number of aliphatic hydroxyl groups is 1. The van der Waals surface area contributed by atoms with Gasteiger partial charge in [-0.15, -0.1) is 0 Å². The van der Waals surface area contributed by atoms with E-state index < -0.39 is 18.0 Å². The second kappa shape index (κ2) is 10.3. The van der Waals surface area contributed by atoms with E-state index in [1.54, 1.807) is 30.5 Å². The molecule has 0 saturated carbocycles. The van der Waals surface area contributed by atoms with Crippen LogP contribution in [0.25, 0.3) is 0 Å². The minimum Gasteiger partial charge on any atom is -0.387 e. The summed E-state index contributed by atoms with van der Waals surface area (Å²) in [7, 11) is 1.52. The molecule has 35 heavy (non-hydrogen) atoms. The van der Waals surface area contributed by atoms with E-state index in [2.05, 4.69) is 20.5 Å². The van der Waals surface area contributed by atoms with E-state index in [-0.39, 0.29) is 30.2 Å². The number of nitrogens with zero attached hydrogens (tertiary/aromatic N) is 3. The number of nitrogens with one attached hydrogen (secondary N) is 2. The number of rotatable bonds is 7. The standard InChI is InChI=1S/C24H25ClF3N5O2/c1-33(13-18-11-20(32-31-18)24(26,27)28)23(35)15-4-2-14(3-5-15)10-17-7-8-19(30-17)22(34)16-6-9-21(25)29-12-16/h2-6,9,11-12,17,19,22,30,34H,7-8,10,13H2,1H3,(H,31,32). The van der Waals surface area contributed by atoms with E-state index in [1.165, 1.54) is 11.9 Å². The maximum Gasteiger partial charge on any atom is 0.435 e. The van der Waals surface area contributed by atoms with Gasteiger partial charge in [0.05, 0.1) is 18.3 Å².